The Hall–Kier alpha value is -0.670. The number of rotatable bonds is 8. The molecule has 3 heteroatoms. The van der Waals surface area contributed by atoms with Gasteiger partial charge in [0.05, 0.1) is 0 Å². The molecule has 1 aromatic carbocycles. The summed E-state index contributed by atoms with van der Waals surface area (Å²) in [5.74, 6) is 1.27. The molecule has 0 unspecified atom stereocenters. The number of nitrogens with zero attached hydrogens (tertiary/aromatic N) is 1. The normalized spacial score (nSPS) is 10.8. The molecule has 0 atom stereocenters. The van der Waals surface area contributed by atoms with Crippen molar-refractivity contribution in [3.05, 3.63) is 29.8 Å². The molecule has 0 heterocycles. The Morgan fingerprint density at radius 1 is 1.24 bits per heavy atom. The second kappa shape index (κ2) is 8.43. The van der Waals surface area contributed by atoms with Crippen LogP contribution < -0.4 is 5.32 Å². The highest BCUT2D eigenvalue weighted by Crippen LogP contribution is 2.12. The maximum Gasteiger partial charge on any atom is 0.0343 e. The van der Waals surface area contributed by atoms with E-state index in [4.69, 9.17) is 0 Å². The molecule has 0 aliphatic rings. The van der Waals surface area contributed by atoms with Crippen LogP contribution in [0.2, 0.25) is 0 Å². The summed E-state index contributed by atoms with van der Waals surface area (Å²) in [6, 6.07) is 8.70. The summed E-state index contributed by atoms with van der Waals surface area (Å²) in [5, 5.41) is 3.49. The Morgan fingerprint density at radius 2 is 2.06 bits per heavy atom. The molecule has 0 saturated carbocycles. The highest BCUT2D eigenvalue weighted by molar-refractivity contribution is 7.98. The molecule has 0 saturated heterocycles. The summed E-state index contributed by atoms with van der Waals surface area (Å²) in [5.41, 5.74) is 2.61. The molecule has 2 nitrogen and oxygen atoms in total. The van der Waals surface area contributed by atoms with Crippen molar-refractivity contribution in [1.82, 2.24) is 4.90 Å². The highest BCUT2D eigenvalue weighted by atomic mass is 32.2. The lowest BCUT2D eigenvalue weighted by atomic mass is 10.2. The van der Waals surface area contributed by atoms with Gasteiger partial charge in [-0.05, 0) is 56.6 Å². The molecule has 0 amide bonds. The standard InChI is InChI=1S/C14H24N2S/c1-16(2)12-13-7-6-8-14(11-13)15-9-4-5-10-17-3/h6-8,11,15H,4-5,9-10,12H2,1-3H3. The number of nitrogens with one attached hydrogen (secondary N) is 1. The lowest BCUT2D eigenvalue weighted by Crippen LogP contribution is -2.11. The van der Waals surface area contributed by atoms with Gasteiger partial charge in [0.15, 0.2) is 0 Å². The second-order valence-corrected chi connectivity index (χ2v) is 5.55. The SMILES string of the molecule is CSCCCCNc1cccc(CN(C)C)c1. The number of thioether (sulfide) groups is 1. The first-order valence-electron chi connectivity index (χ1n) is 6.19. The van der Waals surface area contributed by atoms with Crippen molar-refractivity contribution >= 4 is 17.4 Å². The third-order valence-corrected chi connectivity index (χ3v) is 3.23. The van der Waals surface area contributed by atoms with Gasteiger partial charge in [-0.1, -0.05) is 12.1 Å². The lowest BCUT2D eigenvalue weighted by Gasteiger charge is -2.12. The summed E-state index contributed by atoms with van der Waals surface area (Å²) in [6.45, 7) is 2.08. The third-order valence-electron chi connectivity index (χ3n) is 2.53. The maximum absolute atomic E-state index is 3.49. The molecule has 17 heavy (non-hydrogen) atoms. The van der Waals surface area contributed by atoms with Crippen LogP contribution >= 0.6 is 11.8 Å². The van der Waals surface area contributed by atoms with E-state index in [1.807, 2.05) is 11.8 Å². The Balaban J connectivity index is 2.32. The van der Waals surface area contributed by atoms with E-state index in [0.717, 1.165) is 13.1 Å². The Bertz CT molecular complexity index is 313. The van der Waals surface area contributed by atoms with Crippen molar-refractivity contribution < 1.29 is 0 Å². The molecule has 0 radical (unpaired) electrons. The number of anilines is 1. The number of benzene rings is 1. The quantitative estimate of drug-likeness (QED) is 0.715. The molecule has 1 rings (SSSR count). The van der Waals surface area contributed by atoms with Crippen molar-refractivity contribution in [2.75, 3.05) is 38.0 Å². The Kier molecular flexibility index (Phi) is 7.13. The average molecular weight is 252 g/mol. The van der Waals surface area contributed by atoms with E-state index in [1.54, 1.807) is 0 Å². The fourth-order valence-corrected chi connectivity index (χ4v) is 2.24. The first-order valence-corrected chi connectivity index (χ1v) is 7.58. The zero-order chi connectivity index (χ0) is 12.5. The highest BCUT2D eigenvalue weighted by Gasteiger charge is 1.97. The van der Waals surface area contributed by atoms with Crippen LogP contribution in [0.15, 0.2) is 24.3 Å². The van der Waals surface area contributed by atoms with E-state index in [-0.39, 0.29) is 0 Å². The van der Waals surface area contributed by atoms with Crippen molar-refractivity contribution in [2.24, 2.45) is 0 Å². The van der Waals surface area contributed by atoms with Gasteiger partial charge in [0.1, 0.15) is 0 Å². The van der Waals surface area contributed by atoms with Gasteiger partial charge in [-0.15, -0.1) is 0 Å². The lowest BCUT2D eigenvalue weighted by molar-refractivity contribution is 0.402. The van der Waals surface area contributed by atoms with Gasteiger partial charge in [0.2, 0.25) is 0 Å². The van der Waals surface area contributed by atoms with E-state index in [0.29, 0.717) is 0 Å². The van der Waals surface area contributed by atoms with Crippen LogP contribution in [0, 0.1) is 0 Å². The minimum atomic E-state index is 1.00. The summed E-state index contributed by atoms with van der Waals surface area (Å²) in [7, 11) is 4.20. The Labute approximate surface area is 110 Å². The monoisotopic (exact) mass is 252 g/mol. The second-order valence-electron chi connectivity index (χ2n) is 4.56. The van der Waals surface area contributed by atoms with Crippen LogP contribution in [0.1, 0.15) is 18.4 Å². The first-order chi connectivity index (χ1) is 8.22. The zero-order valence-corrected chi connectivity index (χ0v) is 12.0. The fourth-order valence-electron chi connectivity index (χ4n) is 1.75. The summed E-state index contributed by atoms with van der Waals surface area (Å²) < 4.78 is 0. The number of unbranched alkanes of at least 4 members (excludes halogenated alkanes) is 1. The first kappa shape index (κ1) is 14.4. The fraction of sp³-hybridized carbons (Fsp3) is 0.571. The smallest absolute Gasteiger partial charge is 0.0343 e. The van der Waals surface area contributed by atoms with E-state index >= 15 is 0 Å². The molecular weight excluding hydrogens is 228 g/mol. The molecule has 0 aliphatic heterocycles. The van der Waals surface area contributed by atoms with Crippen LogP contribution in [-0.4, -0.2) is 37.5 Å². The molecule has 0 aliphatic carbocycles. The topological polar surface area (TPSA) is 15.3 Å². The van der Waals surface area contributed by atoms with Gasteiger partial charge in [-0.2, -0.15) is 11.8 Å². The predicted molar refractivity (Wildman–Crippen MR) is 79.9 cm³/mol. The van der Waals surface area contributed by atoms with Crippen molar-refractivity contribution in [2.45, 2.75) is 19.4 Å². The van der Waals surface area contributed by atoms with Gasteiger partial charge in [-0.25, -0.2) is 0 Å². The predicted octanol–water partition coefficient (Wildman–Crippen LogP) is 3.30. The molecule has 96 valence electrons. The third kappa shape index (κ3) is 6.59. The molecule has 0 fully saturated rings. The van der Waals surface area contributed by atoms with Crippen molar-refractivity contribution in [1.29, 1.82) is 0 Å². The number of hydrogen-bond donors (Lipinski definition) is 1. The summed E-state index contributed by atoms with van der Waals surface area (Å²) >= 11 is 1.92. The van der Waals surface area contributed by atoms with E-state index < -0.39 is 0 Å². The van der Waals surface area contributed by atoms with Crippen LogP contribution in [0.3, 0.4) is 0 Å². The van der Waals surface area contributed by atoms with Crippen molar-refractivity contribution in [3.8, 4) is 0 Å². The van der Waals surface area contributed by atoms with Crippen molar-refractivity contribution in [3.63, 3.8) is 0 Å². The molecule has 0 aromatic heterocycles. The van der Waals surface area contributed by atoms with E-state index in [2.05, 4.69) is 54.8 Å². The number of hydrogen-bond acceptors (Lipinski definition) is 3. The Morgan fingerprint density at radius 3 is 2.76 bits per heavy atom. The average Bonchev–Trinajstić information content (AvgIpc) is 2.28. The molecule has 0 bridgehead atoms. The van der Waals surface area contributed by atoms with Crippen LogP contribution in [0.5, 0.6) is 0 Å². The summed E-state index contributed by atoms with van der Waals surface area (Å²) in [6.07, 6.45) is 4.71. The van der Waals surface area contributed by atoms with Gasteiger partial charge in [0, 0.05) is 18.8 Å². The van der Waals surface area contributed by atoms with Gasteiger partial charge in [0.25, 0.3) is 0 Å². The molecule has 1 aromatic rings. The van der Waals surface area contributed by atoms with Crippen LogP contribution in [0.25, 0.3) is 0 Å². The molecule has 0 spiro atoms. The van der Waals surface area contributed by atoms with Crippen LogP contribution in [-0.2, 0) is 6.54 Å². The molecule has 1 N–H and O–H groups in total. The largest absolute Gasteiger partial charge is 0.385 e. The summed E-state index contributed by atoms with van der Waals surface area (Å²) in [4.78, 5) is 2.19. The van der Waals surface area contributed by atoms with Gasteiger partial charge < -0.3 is 10.2 Å². The van der Waals surface area contributed by atoms with E-state index in [1.165, 1.54) is 29.8 Å². The molecular formula is C14H24N2S. The van der Waals surface area contributed by atoms with Gasteiger partial charge in [-0.3, -0.25) is 0 Å². The zero-order valence-electron chi connectivity index (χ0n) is 11.2. The maximum atomic E-state index is 3.49. The minimum Gasteiger partial charge on any atom is -0.385 e. The van der Waals surface area contributed by atoms with Gasteiger partial charge >= 0.3 is 0 Å². The minimum absolute atomic E-state index is 1.00. The van der Waals surface area contributed by atoms with E-state index in [9.17, 15) is 0 Å². The van der Waals surface area contributed by atoms with Crippen LogP contribution in [0.4, 0.5) is 5.69 Å².